The highest BCUT2D eigenvalue weighted by atomic mass is 32.2. The molecule has 0 aliphatic carbocycles. The summed E-state index contributed by atoms with van der Waals surface area (Å²) in [5, 5.41) is 13.9. The number of carbonyl (C=O) groups excluding carboxylic acids is 2. The summed E-state index contributed by atoms with van der Waals surface area (Å²) in [6, 6.07) is -1.39. The van der Waals surface area contributed by atoms with E-state index in [1.54, 1.807) is 0 Å². The Hall–Kier alpha value is -1.44. The summed E-state index contributed by atoms with van der Waals surface area (Å²) in [5.74, 6) is -0.571. The van der Waals surface area contributed by atoms with E-state index in [-0.39, 0.29) is 18.9 Å². The second kappa shape index (κ2) is 9.48. The maximum atomic E-state index is 11.7. The van der Waals surface area contributed by atoms with Crippen molar-refractivity contribution in [2.45, 2.75) is 18.9 Å². The Bertz CT molecular complexity index is 325. The average molecular weight is 291 g/mol. The molecule has 0 saturated heterocycles. The van der Waals surface area contributed by atoms with E-state index in [1.807, 2.05) is 6.26 Å². The number of hydrogen-bond acceptors (Lipinski definition) is 4. The summed E-state index contributed by atoms with van der Waals surface area (Å²) in [6.07, 6.45) is 2.42. The Morgan fingerprint density at radius 1 is 1.37 bits per heavy atom. The van der Waals surface area contributed by atoms with E-state index in [2.05, 4.69) is 10.6 Å². The predicted octanol–water partition coefficient (Wildman–Crippen LogP) is -0.0298. The van der Waals surface area contributed by atoms with Crippen molar-refractivity contribution in [2.75, 3.05) is 32.6 Å². The fourth-order valence-electron chi connectivity index (χ4n) is 1.25. The van der Waals surface area contributed by atoms with Gasteiger partial charge in [-0.05, 0) is 18.4 Å². The van der Waals surface area contributed by atoms with E-state index in [9.17, 15) is 14.4 Å². The molecule has 19 heavy (non-hydrogen) atoms. The molecule has 0 heterocycles. The number of rotatable bonds is 8. The van der Waals surface area contributed by atoms with Crippen LogP contribution in [-0.2, 0) is 9.59 Å². The monoisotopic (exact) mass is 291 g/mol. The maximum Gasteiger partial charge on any atom is 0.326 e. The lowest BCUT2D eigenvalue weighted by Gasteiger charge is -2.21. The molecule has 0 aliphatic heterocycles. The molecular weight excluding hydrogens is 270 g/mol. The molecule has 0 aromatic rings. The van der Waals surface area contributed by atoms with Gasteiger partial charge in [0.2, 0.25) is 5.91 Å². The van der Waals surface area contributed by atoms with Crippen LogP contribution in [0.4, 0.5) is 4.79 Å². The molecule has 0 bridgehead atoms. The van der Waals surface area contributed by atoms with Crippen LogP contribution in [0.1, 0.15) is 12.8 Å². The highest BCUT2D eigenvalue weighted by molar-refractivity contribution is 7.98. The van der Waals surface area contributed by atoms with Crippen LogP contribution >= 0.6 is 11.8 Å². The van der Waals surface area contributed by atoms with E-state index in [1.165, 1.54) is 30.8 Å². The van der Waals surface area contributed by atoms with E-state index in [0.29, 0.717) is 12.2 Å². The van der Waals surface area contributed by atoms with Crippen LogP contribution in [0.3, 0.4) is 0 Å². The molecule has 0 aliphatic rings. The quantitative estimate of drug-likeness (QED) is 0.583. The first-order valence-corrected chi connectivity index (χ1v) is 7.25. The van der Waals surface area contributed by atoms with Crippen LogP contribution < -0.4 is 10.6 Å². The van der Waals surface area contributed by atoms with Crippen molar-refractivity contribution in [3.05, 3.63) is 0 Å². The van der Waals surface area contributed by atoms with Crippen molar-refractivity contribution in [1.82, 2.24) is 15.5 Å². The average Bonchev–Trinajstić information content (AvgIpc) is 2.39. The number of aliphatic carboxylic acids is 1. The number of nitrogens with zero attached hydrogens (tertiary/aromatic N) is 1. The lowest BCUT2D eigenvalue weighted by atomic mass is 10.2. The van der Waals surface area contributed by atoms with Gasteiger partial charge in [0, 0.05) is 27.1 Å². The first-order chi connectivity index (χ1) is 8.92. The summed E-state index contributed by atoms with van der Waals surface area (Å²) in [7, 11) is 3.04. The molecular formula is C11H21N3O4S. The normalized spacial score (nSPS) is 11.5. The summed E-state index contributed by atoms with van der Waals surface area (Å²) in [6.45, 7) is 0.236. The third-order valence-corrected chi connectivity index (χ3v) is 3.15. The molecule has 0 radical (unpaired) electrons. The van der Waals surface area contributed by atoms with Gasteiger partial charge in [-0.25, -0.2) is 9.59 Å². The van der Waals surface area contributed by atoms with Crippen molar-refractivity contribution in [1.29, 1.82) is 0 Å². The minimum atomic E-state index is -1.05. The van der Waals surface area contributed by atoms with Gasteiger partial charge in [0.15, 0.2) is 0 Å². The molecule has 0 saturated carbocycles. The molecule has 1 atom stereocenters. The van der Waals surface area contributed by atoms with Crippen LogP contribution in [0.5, 0.6) is 0 Å². The number of carbonyl (C=O) groups is 3. The van der Waals surface area contributed by atoms with Gasteiger partial charge in [0.05, 0.1) is 0 Å². The maximum absolute atomic E-state index is 11.7. The first kappa shape index (κ1) is 17.6. The number of hydrogen-bond donors (Lipinski definition) is 3. The highest BCUT2D eigenvalue weighted by Gasteiger charge is 2.21. The third kappa shape index (κ3) is 7.55. The standard InChI is InChI=1S/C11H21N3O4S/c1-12-9(15)4-6-14(2)11(18)13-8(10(16)17)5-7-19-3/h8H,4-7H2,1-3H3,(H,12,15)(H,13,18)(H,16,17). The number of nitrogens with one attached hydrogen (secondary N) is 2. The summed E-state index contributed by atoms with van der Waals surface area (Å²) in [5.41, 5.74) is 0. The number of amides is 3. The molecule has 3 N–H and O–H groups in total. The molecule has 3 amide bonds. The predicted molar refractivity (Wildman–Crippen MR) is 74.3 cm³/mol. The molecule has 110 valence electrons. The molecule has 0 rings (SSSR count). The van der Waals surface area contributed by atoms with Crippen molar-refractivity contribution in [3.63, 3.8) is 0 Å². The van der Waals surface area contributed by atoms with Crippen molar-refractivity contribution in [3.8, 4) is 0 Å². The van der Waals surface area contributed by atoms with E-state index in [4.69, 9.17) is 5.11 Å². The molecule has 0 aromatic heterocycles. The zero-order valence-corrected chi connectivity index (χ0v) is 12.2. The van der Waals surface area contributed by atoms with Gasteiger partial charge in [-0.2, -0.15) is 11.8 Å². The molecule has 0 spiro atoms. The Kier molecular flexibility index (Phi) is 8.77. The van der Waals surface area contributed by atoms with Gasteiger partial charge in [0.25, 0.3) is 0 Å². The van der Waals surface area contributed by atoms with Crippen molar-refractivity contribution < 1.29 is 19.5 Å². The third-order valence-electron chi connectivity index (χ3n) is 2.51. The van der Waals surface area contributed by atoms with E-state index < -0.39 is 18.0 Å². The fraction of sp³-hybridized carbons (Fsp3) is 0.727. The lowest BCUT2D eigenvalue weighted by molar-refractivity contribution is -0.139. The van der Waals surface area contributed by atoms with Crippen LogP contribution in [0, 0.1) is 0 Å². The van der Waals surface area contributed by atoms with Gasteiger partial charge in [-0.15, -0.1) is 0 Å². The number of thioether (sulfide) groups is 1. The lowest BCUT2D eigenvalue weighted by Crippen LogP contribution is -2.47. The van der Waals surface area contributed by atoms with E-state index in [0.717, 1.165) is 0 Å². The van der Waals surface area contributed by atoms with Crippen molar-refractivity contribution in [2.24, 2.45) is 0 Å². The van der Waals surface area contributed by atoms with Crippen LogP contribution in [-0.4, -0.2) is 66.6 Å². The summed E-state index contributed by atoms with van der Waals surface area (Å²) >= 11 is 1.52. The minimum Gasteiger partial charge on any atom is -0.480 e. The second-order valence-electron chi connectivity index (χ2n) is 3.97. The molecule has 0 aromatic carbocycles. The summed E-state index contributed by atoms with van der Waals surface area (Å²) in [4.78, 5) is 35.0. The Balaban J connectivity index is 4.23. The smallest absolute Gasteiger partial charge is 0.326 e. The largest absolute Gasteiger partial charge is 0.480 e. The first-order valence-electron chi connectivity index (χ1n) is 5.86. The van der Waals surface area contributed by atoms with Crippen LogP contribution in [0.25, 0.3) is 0 Å². The molecule has 7 nitrogen and oxygen atoms in total. The van der Waals surface area contributed by atoms with Crippen LogP contribution in [0.15, 0.2) is 0 Å². The Morgan fingerprint density at radius 3 is 2.47 bits per heavy atom. The second-order valence-corrected chi connectivity index (χ2v) is 4.95. The van der Waals surface area contributed by atoms with E-state index >= 15 is 0 Å². The topological polar surface area (TPSA) is 98.7 Å². The molecule has 0 fully saturated rings. The van der Waals surface area contributed by atoms with Gasteiger partial charge in [-0.3, -0.25) is 4.79 Å². The SMILES string of the molecule is CNC(=O)CCN(C)C(=O)NC(CCSC)C(=O)O. The van der Waals surface area contributed by atoms with Crippen molar-refractivity contribution >= 4 is 29.7 Å². The number of urea groups is 1. The fourth-order valence-corrected chi connectivity index (χ4v) is 1.72. The van der Waals surface area contributed by atoms with Crippen LogP contribution in [0.2, 0.25) is 0 Å². The van der Waals surface area contributed by atoms with Gasteiger partial charge in [-0.1, -0.05) is 0 Å². The Morgan fingerprint density at radius 2 is 2.00 bits per heavy atom. The van der Waals surface area contributed by atoms with Gasteiger partial charge in [0.1, 0.15) is 6.04 Å². The summed E-state index contributed by atoms with van der Waals surface area (Å²) < 4.78 is 0. The zero-order valence-electron chi connectivity index (χ0n) is 11.4. The van der Waals surface area contributed by atoms with Gasteiger partial charge < -0.3 is 20.6 Å². The number of carboxylic acid groups (broad SMARTS) is 1. The Labute approximate surface area is 117 Å². The minimum absolute atomic E-state index is 0.170. The molecule has 8 heteroatoms. The zero-order chi connectivity index (χ0) is 14.8. The highest BCUT2D eigenvalue weighted by Crippen LogP contribution is 2.02. The number of carboxylic acids is 1. The van der Waals surface area contributed by atoms with Gasteiger partial charge >= 0.3 is 12.0 Å². The molecule has 1 unspecified atom stereocenters.